The molecule has 0 saturated carbocycles. The molecular formula is C20H18O6. The van der Waals surface area contributed by atoms with E-state index >= 15 is 0 Å². The summed E-state index contributed by atoms with van der Waals surface area (Å²) < 4.78 is 15.3. The van der Waals surface area contributed by atoms with Gasteiger partial charge in [-0.15, -0.1) is 0 Å². The second-order valence-corrected chi connectivity index (χ2v) is 5.76. The van der Waals surface area contributed by atoms with Crippen LogP contribution in [0.15, 0.2) is 57.7 Å². The molecule has 0 spiro atoms. The van der Waals surface area contributed by atoms with E-state index in [4.69, 9.17) is 9.15 Å². The molecule has 1 atom stereocenters. The quantitative estimate of drug-likeness (QED) is 0.560. The summed E-state index contributed by atoms with van der Waals surface area (Å²) in [5.41, 5.74) is 2.56. The Bertz CT molecular complexity index is 1000. The molecule has 2 aromatic carbocycles. The molecule has 0 radical (unpaired) electrons. The minimum absolute atomic E-state index is 0.284. The summed E-state index contributed by atoms with van der Waals surface area (Å²) >= 11 is 0. The lowest BCUT2D eigenvalue weighted by Crippen LogP contribution is -2.32. The Balaban J connectivity index is 2.08. The molecule has 26 heavy (non-hydrogen) atoms. The summed E-state index contributed by atoms with van der Waals surface area (Å²) in [5.74, 6) is -0.408. The molecule has 3 aromatic rings. The number of benzene rings is 2. The Morgan fingerprint density at radius 2 is 1.92 bits per heavy atom. The van der Waals surface area contributed by atoms with Gasteiger partial charge in [0.25, 0.3) is 0 Å². The van der Waals surface area contributed by atoms with Crippen LogP contribution < -0.4 is 10.4 Å². The first-order valence-electron chi connectivity index (χ1n) is 8.02. The van der Waals surface area contributed by atoms with Gasteiger partial charge in [-0.05, 0) is 30.2 Å². The van der Waals surface area contributed by atoms with Crippen molar-refractivity contribution >= 4 is 16.9 Å². The largest absolute Gasteiger partial charge is 0.476 e. The van der Waals surface area contributed by atoms with Gasteiger partial charge in [-0.25, -0.2) is 9.59 Å². The number of methoxy groups -OCH3 is 1. The molecule has 0 aliphatic carbocycles. The molecule has 1 heterocycles. The summed E-state index contributed by atoms with van der Waals surface area (Å²) in [6.07, 6.45) is -1.15. The minimum atomic E-state index is -1.15. The molecule has 6 heteroatoms. The van der Waals surface area contributed by atoms with Gasteiger partial charge in [0.05, 0.1) is 13.7 Å². The number of fused-ring (bicyclic) bond motifs is 1. The van der Waals surface area contributed by atoms with Gasteiger partial charge in [-0.1, -0.05) is 24.3 Å². The average Bonchev–Trinajstić information content (AvgIpc) is 2.65. The van der Waals surface area contributed by atoms with Crippen molar-refractivity contribution in [1.29, 1.82) is 0 Å². The maximum atomic E-state index is 12.0. The van der Waals surface area contributed by atoms with Gasteiger partial charge in [-0.3, -0.25) is 0 Å². The van der Waals surface area contributed by atoms with E-state index in [-0.39, 0.29) is 5.75 Å². The van der Waals surface area contributed by atoms with E-state index in [1.54, 1.807) is 12.1 Å². The number of aryl methyl sites for hydroxylation is 1. The van der Waals surface area contributed by atoms with Crippen LogP contribution in [0.3, 0.4) is 0 Å². The van der Waals surface area contributed by atoms with Crippen molar-refractivity contribution in [1.82, 2.24) is 0 Å². The number of carbonyl (C=O) groups excluding carboxylic acids is 1. The number of carbonyl (C=O) groups is 1. The number of aliphatic hydroxyl groups is 1. The number of hydrogen-bond donors (Lipinski definition) is 1. The van der Waals surface area contributed by atoms with Crippen LogP contribution in [-0.2, 0) is 9.53 Å². The Hall–Kier alpha value is -3.12. The van der Waals surface area contributed by atoms with Crippen molar-refractivity contribution in [2.45, 2.75) is 13.0 Å². The lowest BCUT2D eigenvalue weighted by molar-refractivity contribution is -0.150. The zero-order valence-corrected chi connectivity index (χ0v) is 14.4. The number of aliphatic hydroxyl groups excluding tert-OH is 1. The van der Waals surface area contributed by atoms with E-state index in [1.165, 1.54) is 19.2 Å². The lowest BCUT2D eigenvalue weighted by Gasteiger charge is -2.15. The normalized spacial score (nSPS) is 12.0. The van der Waals surface area contributed by atoms with Crippen LogP contribution in [0.2, 0.25) is 0 Å². The molecule has 0 aliphatic heterocycles. The number of esters is 1. The molecule has 0 amide bonds. The van der Waals surface area contributed by atoms with Gasteiger partial charge >= 0.3 is 11.6 Å². The molecular weight excluding hydrogens is 336 g/mol. The van der Waals surface area contributed by atoms with Crippen molar-refractivity contribution in [2.24, 2.45) is 0 Å². The number of hydrogen-bond acceptors (Lipinski definition) is 6. The van der Waals surface area contributed by atoms with Crippen LogP contribution in [0.5, 0.6) is 5.75 Å². The summed E-state index contributed by atoms with van der Waals surface area (Å²) in [7, 11) is 1.21. The van der Waals surface area contributed by atoms with Gasteiger partial charge in [0, 0.05) is 23.1 Å². The third-order valence-corrected chi connectivity index (χ3v) is 4.06. The minimum Gasteiger partial charge on any atom is -0.476 e. The number of rotatable bonds is 5. The van der Waals surface area contributed by atoms with E-state index in [9.17, 15) is 14.7 Å². The van der Waals surface area contributed by atoms with Crippen molar-refractivity contribution in [2.75, 3.05) is 13.7 Å². The smallest absolute Gasteiger partial charge is 0.349 e. The second kappa shape index (κ2) is 7.41. The highest BCUT2D eigenvalue weighted by atomic mass is 16.6. The monoisotopic (exact) mass is 354 g/mol. The molecule has 0 unspecified atom stereocenters. The third-order valence-electron chi connectivity index (χ3n) is 4.06. The van der Waals surface area contributed by atoms with Crippen molar-refractivity contribution < 1.29 is 23.8 Å². The summed E-state index contributed by atoms with van der Waals surface area (Å²) in [5, 5.41) is 10.0. The van der Waals surface area contributed by atoms with Crippen LogP contribution in [0, 0.1) is 6.92 Å². The molecule has 0 bridgehead atoms. The van der Waals surface area contributed by atoms with Crippen LogP contribution in [-0.4, -0.2) is 30.9 Å². The molecule has 0 saturated heterocycles. The van der Waals surface area contributed by atoms with Crippen molar-refractivity contribution in [3.8, 4) is 16.9 Å². The zero-order valence-electron chi connectivity index (χ0n) is 14.4. The summed E-state index contributed by atoms with van der Waals surface area (Å²) in [6.45, 7) is 1.44. The van der Waals surface area contributed by atoms with Crippen molar-refractivity contribution in [3.63, 3.8) is 0 Å². The lowest BCUT2D eigenvalue weighted by atomic mass is 9.98. The fraction of sp³-hybridized carbons (Fsp3) is 0.200. The van der Waals surface area contributed by atoms with E-state index in [2.05, 4.69) is 4.74 Å². The van der Waals surface area contributed by atoms with E-state index in [0.717, 1.165) is 22.1 Å². The SMILES string of the molecule is COC(=O)[C@H](CO)Oc1ccc2c(-c3ccccc3C)cc(=O)oc2c1. The zero-order chi connectivity index (χ0) is 18.7. The Labute approximate surface area is 149 Å². The van der Waals surface area contributed by atoms with Crippen molar-refractivity contribution in [3.05, 3.63) is 64.5 Å². The molecule has 3 rings (SSSR count). The van der Waals surface area contributed by atoms with Gasteiger partial charge in [0.2, 0.25) is 6.10 Å². The Morgan fingerprint density at radius 3 is 2.62 bits per heavy atom. The number of ether oxygens (including phenoxy) is 2. The predicted octanol–water partition coefficient (Wildman–Crippen LogP) is 2.68. The Kier molecular flexibility index (Phi) is 5.04. The average molecular weight is 354 g/mol. The van der Waals surface area contributed by atoms with Gasteiger partial charge in [0.1, 0.15) is 11.3 Å². The molecule has 134 valence electrons. The predicted molar refractivity (Wildman–Crippen MR) is 96.2 cm³/mol. The maximum Gasteiger partial charge on any atom is 0.349 e. The fourth-order valence-electron chi connectivity index (χ4n) is 2.77. The maximum absolute atomic E-state index is 12.0. The van der Waals surface area contributed by atoms with Crippen LogP contribution in [0.1, 0.15) is 5.56 Å². The highest BCUT2D eigenvalue weighted by Crippen LogP contribution is 2.31. The third kappa shape index (κ3) is 3.45. The van der Waals surface area contributed by atoms with Gasteiger partial charge in [0.15, 0.2) is 0 Å². The second-order valence-electron chi connectivity index (χ2n) is 5.76. The van der Waals surface area contributed by atoms with Crippen LogP contribution in [0.4, 0.5) is 0 Å². The first-order valence-corrected chi connectivity index (χ1v) is 8.02. The molecule has 1 aromatic heterocycles. The highest BCUT2D eigenvalue weighted by Gasteiger charge is 2.20. The van der Waals surface area contributed by atoms with Crippen LogP contribution >= 0.6 is 0 Å². The van der Waals surface area contributed by atoms with E-state index in [0.29, 0.717) is 5.58 Å². The van der Waals surface area contributed by atoms with E-state index in [1.807, 2.05) is 31.2 Å². The highest BCUT2D eigenvalue weighted by molar-refractivity contribution is 5.94. The molecule has 0 fully saturated rings. The van der Waals surface area contributed by atoms with E-state index < -0.39 is 24.3 Å². The van der Waals surface area contributed by atoms with Gasteiger partial charge < -0.3 is 19.0 Å². The van der Waals surface area contributed by atoms with Crippen LogP contribution in [0.25, 0.3) is 22.1 Å². The van der Waals surface area contributed by atoms with Gasteiger partial charge in [-0.2, -0.15) is 0 Å². The molecule has 6 nitrogen and oxygen atoms in total. The first kappa shape index (κ1) is 17.7. The standard InChI is InChI=1S/C20H18O6/c1-12-5-3-4-6-14(12)16-10-19(22)26-17-9-13(7-8-15(16)17)25-18(11-21)20(23)24-2/h3-10,18,21H,11H2,1-2H3/t18-/m0/s1. The fourth-order valence-corrected chi connectivity index (χ4v) is 2.77. The summed E-state index contributed by atoms with van der Waals surface area (Å²) in [4.78, 5) is 23.6. The first-order chi connectivity index (χ1) is 12.5. The summed E-state index contributed by atoms with van der Waals surface area (Å²) in [6, 6.07) is 14.1. The molecule has 0 aliphatic rings. The Morgan fingerprint density at radius 1 is 1.15 bits per heavy atom. The topological polar surface area (TPSA) is 86.0 Å². The molecule has 1 N–H and O–H groups in total.